The Labute approximate surface area is 264 Å². The number of amides is 1. The Bertz CT molecular complexity index is 1430. The van der Waals surface area contributed by atoms with E-state index in [0.29, 0.717) is 5.56 Å². The fourth-order valence-corrected chi connectivity index (χ4v) is 5.29. The molecule has 0 aromatic heterocycles. The number of hydrogen-bond donors (Lipinski definition) is 2. The van der Waals surface area contributed by atoms with Crippen LogP contribution in [0.15, 0.2) is 83.2 Å². The fraction of sp³-hybridized carbons (Fsp3) is 0.394. The number of alkyl halides is 3. The van der Waals surface area contributed by atoms with Crippen molar-refractivity contribution >= 4 is 23.8 Å². The van der Waals surface area contributed by atoms with Gasteiger partial charge >= 0.3 is 24.1 Å². The van der Waals surface area contributed by atoms with E-state index in [4.69, 9.17) is 18.9 Å². The highest BCUT2D eigenvalue weighted by Crippen LogP contribution is 2.43. The monoisotopic (exact) mass is 646 g/mol. The van der Waals surface area contributed by atoms with Crippen molar-refractivity contribution in [1.82, 2.24) is 10.6 Å². The Morgan fingerprint density at radius 2 is 1.33 bits per heavy atom. The van der Waals surface area contributed by atoms with Gasteiger partial charge in [-0.05, 0) is 39.7 Å². The molecular weight excluding hydrogens is 609 g/mol. The summed E-state index contributed by atoms with van der Waals surface area (Å²) in [7, 11) is 0.728. The van der Waals surface area contributed by atoms with Gasteiger partial charge in [-0.15, -0.1) is 0 Å². The molecule has 1 amide bonds. The second kappa shape index (κ2) is 15.6. The smallest absolute Gasteiger partial charge is 0.430 e. The van der Waals surface area contributed by atoms with E-state index in [1.165, 1.54) is 18.2 Å². The summed E-state index contributed by atoms with van der Waals surface area (Å²) in [5, 5.41) is 5.12. The van der Waals surface area contributed by atoms with Gasteiger partial charge in [0.15, 0.2) is 0 Å². The molecule has 0 aliphatic carbocycles. The molecule has 248 valence electrons. The first kappa shape index (κ1) is 35.8. The zero-order valence-corrected chi connectivity index (χ0v) is 26.2. The summed E-state index contributed by atoms with van der Waals surface area (Å²) < 4.78 is 65.1. The number of esters is 3. The topological polar surface area (TPSA) is 129 Å². The fourth-order valence-electron chi connectivity index (χ4n) is 5.29. The molecule has 2 N–H and O–H groups in total. The minimum absolute atomic E-state index is 0.0297. The SMILES string of the molecule is CCOC(=O)C1=C(C)NC(C)=C(C(=O)OCC)C1C[C@H](NC(=O)[C@@](OC)(c1ccccc1)C(F)(F)F)C(=O)OCc1ccccc1. The maximum absolute atomic E-state index is 14.8. The predicted octanol–water partition coefficient (Wildman–Crippen LogP) is 4.60. The number of hydrogen-bond acceptors (Lipinski definition) is 9. The van der Waals surface area contributed by atoms with Gasteiger partial charge in [0.1, 0.15) is 12.6 Å². The molecule has 0 bridgehead atoms. The molecule has 0 saturated carbocycles. The lowest BCUT2D eigenvalue weighted by Crippen LogP contribution is -2.59. The van der Waals surface area contributed by atoms with Crippen LogP contribution >= 0.6 is 0 Å². The van der Waals surface area contributed by atoms with Gasteiger partial charge in [-0.1, -0.05) is 60.7 Å². The first-order valence-corrected chi connectivity index (χ1v) is 14.5. The maximum atomic E-state index is 14.8. The van der Waals surface area contributed by atoms with E-state index in [1.54, 1.807) is 58.0 Å². The van der Waals surface area contributed by atoms with E-state index in [0.717, 1.165) is 19.2 Å². The molecule has 1 aliphatic rings. The lowest BCUT2D eigenvalue weighted by molar-refractivity contribution is -0.266. The number of halogens is 3. The van der Waals surface area contributed by atoms with Gasteiger partial charge in [-0.3, -0.25) is 4.79 Å². The molecule has 13 heteroatoms. The van der Waals surface area contributed by atoms with Crippen molar-refractivity contribution in [2.45, 2.75) is 58.5 Å². The van der Waals surface area contributed by atoms with Gasteiger partial charge in [0.05, 0.1) is 24.4 Å². The largest absolute Gasteiger partial charge is 0.463 e. The van der Waals surface area contributed by atoms with E-state index in [-0.39, 0.29) is 42.4 Å². The zero-order chi connectivity index (χ0) is 34.1. The van der Waals surface area contributed by atoms with E-state index >= 15 is 0 Å². The molecule has 2 aromatic carbocycles. The first-order chi connectivity index (χ1) is 21.8. The highest BCUT2D eigenvalue weighted by Gasteiger charge is 2.63. The molecule has 0 radical (unpaired) electrons. The van der Waals surface area contributed by atoms with Crippen LogP contribution in [0.3, 0.4) is 0 Å². The Morgan fingerprint density at radius 3 is 1.78 bits per heavy atom. The van der Waals surface area contributed by atoms with E-state index in [2.05, 4.69) is 10.6 Å². The summed E-state index contributed by atoms with van der Waals surface area (Å²) in [6, 6.07) is 12.9. The van der Waals surface area contributed by atoms with Crippen molar-refractivity contribution < 1.29 is 51.3 Å². The summed E-state index contributed by atoms with van der Waals surface area (Å²) >= 11 is 0. The van der Waals surface area contributed by atoms with Crippen molar-refractivity contribution in [2.24, 2.45) is 5.92 Å². The summed E-state index contributed by atoms with van der Waals surface area (Å²) in [5.74, 6) is -5.74. The number of allylic oxidation sites excluding steroid dienone is 2. The van der Waals surface area contributed by atoms with Crippen LogP contribution < -0.4 is 10.6 Å². The van der Waals surface area contributed by atoms with Crippen molar-refractivity contribution in [3.8, 4) is 0 Å². The number of ether oxygens (including phenoxy) is 4. The molecule has 10 nitrogen and oxygen atoms in total. The van der Waals surface area contributed by atoms with E-state index < -0.39 is 59.5 Å². The Hall–Kier alpha value is -4.65. The second-order valence-corrected chi connectivity index (χ2v) is 10.3. The standard InChI is InChI=1S/C33H37F3N2O8/c1-6-44-29(40)26-20(3)37-21(4)27(30(41)45-7-2)24(26)18-25(28(39)46-19-22-14-10-8-11-15-22)38-31(42)32(43-5,33(34,35)36)23-16-12-9-13-17-23/h8-17,24-25,37H,6-7,18-19H2,1-5H3,(H,38,42)/t25-,32-/m0/s1. The summed E-state index contributed by atoms with van der Waals surface area (Å²) in [6.07, 6.45) is -5.84. The molecule has 2 aromatic rings. The van der Waals surface area contributed by atoms with Crippen molar-refractivity contribution in [1.29, 1.82) is 0 Å². The molecule has 0 spiro atoms. The highest BCUT2D eigenvalue weighted by molar-refractivity contribution is 5.98. The third-order valence-electron chi connectivity index (χ3n) is 7.36. The maximum Gasteiger partial charge on any atom is 0.430 e. The number of carbonyl (C=O) groups is 4. The zero-order valence-electron chi connectivity index (χ0n) is 26.2. The molecule has 46 heavy (non-hydrogen) atoms. The molecule has 0 unspecified atom stereocenters. The minimum atomic E-state index is -5.28. The number of rotatable bonds is 13. The molecular formula is C33H37F3N2O8. The van der Waals surface area contributed by atoms with Gasteiger partial charge in [0.2, 0.25) is 0 Å². The lowest BCUT2D eigenvalue weighted by atomic mass is 9.80. The highest BCUT2D eigenvalue weighted by atomic mass is 19.4. The predicted molar refractivity (Wildman–Crippen MR) is 159 cm³/mol. The summed E-state index contributed by atoms with van der Waals surface area (Å²) in [6.45, 7) is 5.89. The van der Waals surface area contributed by atoms with E-state index in [9.17, 15) is 32.3 Å². The normalized spacial score (nSPS) is 15.7. The quantitative estimate of drug-likeness (QED) is 0.237. The van der Waals surface area contributed by atoms with Gasteiger partial charge in [-0.2, -0.15) is 13.2 Å². The van der Waals surface area contributed by atoms with Crippen LogP contribution in [0, 0.1) is 5.92 Å². The van der Waals surface area contributed by atoms with Crippen LogP contribution in [0.2, 0.25) is 0 Å². The Kier molecular flexibility index (Phi) is 12.1. The van der Waals surface area contributed by atoms with Crippen molar-refractivity contribution in [2.75, 3.05) is 20.3 Å². The summed E-state index contributed by atoms with van der Waals surface area (Å²) in [5.41, 5.74) is -3.06. The van der Waals surface area contributed by atoms with Crippen molar-refractivity contribution in [3.05, 3.63) is 94.3 Å². The molecule has 0 saturated heterocycles. The van der Waals surface area contributed by atoms with Crippen LogP contribution in [-0.2, 0) is 50.3 Å². The molecule has 3 rings (SSSR count). The molecule has 2 atom stereocenters. The van der Waals surface area contributed by atoms with Crippen LogP contribution in [0.25, 0.3) is 0 Å². The summed E-state index contributed by atoms with van der Waals surface area (Å²) in [4.78, 5) is 53.8. The van der Waals surface area contributed by atoms with Gasteiger partial charge in [-0.25, -0.2) is 14.4 Å². The Morgan fingerprint density at radius 1 is 0.826 bits per heavy atom. The number of benzene rings is 2. The lowest BCUT2D eigenvalue weighted by Gasteiger charge is -2.36. The third kappa shape index (κ3) is 7.76. The van der Waals surface area contributed by atoms with Crippen LogP contribution in [0.5, 0.6) is 0 Å². The van der Waals surface area contributed by atoms with Gasteiger partial charge in [0.25, 0.3) is 11.5 Å². The van der Waals surface area contributed by atoms with E-state index in [1.807, 2.05) is 0 Å². The Balaban J connectivity index is 2.14. The second-order valence-electron chi connectivity index (χ2n) is 10.3. The number of carbonyl (C=O) groups excluding carboxylic acids is 4. The molecule has 1 aliphatic heterocycles. The minimum Gasteiger partial charge on any atom is -0.463 e. The first-order valence-electron chi connectivity index (χ1n) is 14.5. The third-order valence-corrected chi connectivity index (χ3v) is 7.36. The van der Waals surface area contributed by atoms with Crippen molar-refractivity contribution in [3.63, 3.8) is 0 Å². The van der Waals surface area contributed by atoms with Crippen LogP contribution in [0.1, 0.15) is 45.2 Å². The molecule has 1 heterocycles. The van der Waals surface area contributed by atoms with Gasteiger partial charge < -0.3 is 29.6 Å². The number of dihydropyridines is 1. The van der Waals surface area contributed by atoms with Crippen LogP contribution in [0.4, 0.5) is 13.2 Å². The number of methoxy groups -OCH3 is 1. The van der Waals surface area contributed by atoms with Gasteiger partial charge in [0, 0.05) is 30.0 Å². The average Bonchev–Trinajstić information content (AvgIpc) is 3.00. The van der Waals surface area contributed by atoms with Crippen LogP contribution in [-0.4, -0.2) is 56.4 Å². The number of nitrogens with one attached hydrogen (secondary N) is 2. The average molecular weight is 647 g/mol. The molecule has 0 fully saturated rings.